The summed E-state index contributed by atoms with van der Waals surface area (Å²) < 4.78 is 0.269. The van der Waals surface area contributed by atoms with Crippen molar-refractivity contribution in [3.63, 3.8) is 0 Å². The molecule has 1 aliphatic carbocycles. The summed E-state index contributed by atoms with van der Waals surface area (Å²) in [5.41, 5.74) is 0.439. The quantitative estimate of drug-likeness (QED) is 0.514. The third-order valence-electron chi connectivity index (χ3n) is 3.17. The first-order valence-corrected chi connectivity index (χ1v) is 4.63. The van der Waals surface area contributed by atoms with Crippen molar-refractivity contribution in [1.82, 2.24) is 0 Å². The van der Waals surface area contributed by atoms with Crippen LogP contribution in [0.2, 0.25) is 0 Å². The Hall–Kier alpha value is 0.350. The van der Waals surface area contributed by atoms with Gasteiger partial charge in [0.1, 0.15) is 0 Å². The van der Waals surface area contributed by atoms with Crippen molar-refractivity contribution in [2.45, 2.75) is 51.2 Å². The van der Waals surface area contributed by atoms with Gasteiger partial charge >= 0.3 is 0 Å². The molecule has 1 atom stereocenters. The van der Waals surface area contributed by atoms with Crippen LogP contribution in [0.15, 0.2) is 0 Å². The van der Waals surface area contributed by atoms with Crippen LogP contribution in [-0.2, 0) is 0 Å². The van der Waals surface area contributed by atoms with Gasteiger partial charge in [-0.3, -0.25) is 0 Å². The highest BCUT2D eigenvalue weighted by Gasteiger charge is 2.39. The van der Waals surface area contributed by atoms with Gasteiger partial charge < -0.3 is 0 Å². The van der Waals surface area contributed by atoms with Crippen LogP contribution in [0.25, 0.3) is 0 Å². The van der Waals surface area contributed by atoms with Gasteiger partial charge in [-0.25, -0.2) is 0 Å². The average Bonchev–Trinajstić information content (AvgIpc) is 1.77. The van der Waals surface area contributed by atoms with Crippen LogP contribution in [0, 0.1) is 5.41 Å². The average molecular weight is 158 g/mol. The molecule has 0 nitrogen and oxygen atoms in total. The van der Waals surface area contributed by atoms with Gasteiger partial charge in [0.25, 0.3) is 0 Å². The van der Waals surface area contributed by atoms with Crippen LogP contribution in [0.3, 0.4) is 0 Å². The molecule has 60 valence electrons. The van der Waals surface area contributed by atoms with Gasteiger partial charge in [-0.2, -0.15) is 12.6 Å². The summed E-state index contributed by atoms with van der Waals surface area (Å²) in [6.07, 6.45) is 5.38. The second kappa shape index (κ2) is 2.44. The van der Waals surface area contributed by atoms with E-state index in [1.54, 1.807) is 0 Å². The number of thiol groups is 1. The molecule has 0 N–H and O–H groups in total. The van der Waals surface area contributed by atoms with Crippen LogP contribution < -0.4 is 0 Å². The zero-order chi connectivity index (χ0) is 7.83. The minimum absolute atomic E-state index is 0.269. The molecular weight excluding hydrogens is 140 g/mol. The Morgan fingerprint density at radius 3 is 1.80 bits per heavy atom. The summed E-state index contributed by atoms with van der Waals surface area (Å²) in [5, 5.41) is 0. The largest absolute Gasteiger partial charge is 0.172 e. The van der Waals surface area contributed by atoms with Crippen molar-refractivity contribution in [3.8, 4) is 0 Å². The first-order chi connectivity index (χ1) is 4.46. The maximum Gasteiger partial charge on any atom is 0.0152 e. The molecule has 0 aliphatic heterocycles. The van der Waals surface area contributed by atoms with Gasteiger partial charge in [0.05, 0.1) is 0 Å². The second-order valence-electron chi connectivity index (χ2n) is 4.36. The normalized spacial score (nSPS) is 39.6. The molecule has 1 heteroatoms. The van der Waals surface area contributed by atoms with Crippen molar-refractivity contribution < 1.29 is 0 Å². The lowest BCUT2D eigenvalue weighted by molar-refractivity contribution is 0.187. The third-order valence-corrected chi connectivity index (χ3v) is 4.00. The van der Waals surface area contributed by atoms with E-state index >= 15 is 0 Å². The summed E-state index contributed by atoms with van der Waals surface area (Å²) in [6.45, 7) is 6.94. The Balaban J connectivity index is 2.70. The molecule has 0 aromatic heterocycles. The molecule has 0 saturated heterocycles. The molecular formula is C9H18S. The molecule has 0 spiro atoms. The summed E-state index contributed by atoms with van der Waals surface area (Å²) >= 11 is 4.70. The van der Waals surface area contributed by atoms with Gasteiger partial charge in [0.15, 0.2) is 0 Å². The smallest absolute Gasteiger partial charge is 0.0152 e. The minimum atomic E-state index is 0.269. The summed E-state index contributed by atoms with van der Waals surface area (Å²) in [4.78, 5) is 0. The van der Waals surface area contributed by atoms with E-state index in [1.165, 1.54) is 25.7 Å². The highest BCUT2D eigenvalue weighted by Crippen LogP contribution is 2.47. The zero-order valence-electron chi connectivity index (χ0n) is 7.28. The predicted molar refractivity (Wildman–Crippen MR) is 49.6 cm³/mol. The van der Waals surface area contributed by atoms with Gasteiger partial charge in [0.2, 0.25) is 0 Å². The number of rotatable bonds is 0. The van der Waals surface area contributed by atoms with Gasteiger partial charge in [-0.1, -0.05) is 33.6 Å². The maximum atomic E-state index is 4.70. The van der Waals surface area contributed by atoms with Gasteiger partial charge in [-0.05, 0) is 18.3 Å². The fraction of sp³-hybridized carbons (Fsp3) is 1.00. The van der Waals surface area contributed by atoms with Crippen molar-refractivity contribution in [2.24, 2.45) is 5.41 Å². The summed E-state index contributed by atoms with van der Waals surface area (Å²) in [6, 6.07) is 0. The third kappa shape index (κ3) is 1.34. The van der Waals surface area contributed by atoms with Crippen molar-refractivity contribution >= 4 is 12.6 Å². The van der Waals surface area contributed by atoms with Crippen LogP contribution in [-0.4, -0.2) is 4.75 Å². The van der Waals surface area contributed by atoms with Crippen LogP contribution in [0.5, 0.6) is 0 Å². The lowest BCUT2D eigenvalue weighted by Gasteiger charge is -2.44. The van der Waals surface area contributed by atoms with E-state index in [1.807, 2.05) is 0 Å². The van der Waals surface area contributed by atoms with Crippen molar-refractivity contribution in [2.75, 3.05) is 0 Å². The summed E-state index contributed by atoms with van der Waals surface area (Å²) in [5.74, 6) is 0. The topological polar surface area (TPSA) is 0 Å². The molecule has 0 aromatic rings. The van der Waals surface area contributed by atoms with E-state index in [4.69, 9.17) is 12.6 Å². The Morgan fingerprint density at radius 1 is 1.00 bits per heavy atom. The number of hydrogen-bond donors (Lipinski definition) is 1. The number of hydrogen-bond acceptors (Lipinski definition) is 1. The SMILES string of the molecule is CC1(C)CCCC[C@@]1(C)S. The fourth-order valence-electron chi connectivity index (χ4n) is 1.64. The molecule has 0 amide bonds. The van der Waals surface area contributed by atoms with E-state index < -0.39 is 0 Å². The first-order valence-electron chi connectivity index (χ1n) is 4.18. The lowest BCUT2D eigenvalue weighted by atomic mass is 9.69. The Labute approximate surface area is 69.8 Å². The van der Waals surface area contributed by atoms with E-state index in [0.717, 1.165) is 0 Å². The van der Waals surface area contributed by atoms with Gasteiger partial charge in [0, 0.05) is 4.75 Å². The van der Waals surface area contributed by atoms with Crippen molar-refractivity contribution in [1.29, 1.82) is 0 Å². The highest BCUT2D eigenvalue weighted by atomic mass is 32.1. The van der Waals surface area contributed by atoms with E-state index in [2.05, 4.69) is 20.8 Å². The van der Waals surface area contributed by atoms with Crippen LogP contribution in [0.4, 0.5) is 0 Å². The predicted octanol–water partition coefficient (Wildman–Crippen LogP) is 3.28. The minimum Gasteiger partial charge on any atom is -0.172 e. The molecule has 1 rings (SSSR count). The molecule has 0 radical (unpaired) electrons. The fourth-order valence-corrected chi connectivity index (χ4v) is 1.91. The monoisotopic (exact) mass is 158 g/mol. The Morgan fingerprint density at radius 2 is 1.50 bits per heavy atom. The zero-order valence-corrected chi connectivity index (χ0v) is 8.17. The lowest BCUT2D eigenvalue weighted by Crippen LogP contribution is -2.39. The van der Waals surface area contributed by atoms with Crippen LogP contribution >= 0.6 is 12.6 Å². The molecule has 1 fully saturated rings. The highest BCUT2D eigenvalue weighted by molar-refractivity contribution is 7.81. The molecule has 1 aliphatic rings. The van der Waals surface area contributed by atoms with E-state index in [9.17, 15) is 0 Å². The molecule has 0 heterocycles. The molecule has 0 aromatic carbocycles. The Kier molecular flexibility index (Phi) is 2.06. The first kappa shape index (κ1) is 8.45. The standard InChI is InChI=1S/C9H18S/c1-8(2)6-4-5-7-9(8,3)10/h10H,4-7H2,1-3H3/t9-/m1/s1. The summed E-state index contributed by atoms with van der Waals surface area (Å²) in [7, 11) is 0. The molecule has 0 unspecified atom stereocenters. The maximum absolute atomic E-state index is 4.70. The molecule has 0 bridgehead atoms. The molecule has 1 saturated carbocycles. The Bertz CT molecular complexity index is 109. The van der Waals surface area contributed by atoms with E-state index in [0.29, 0.717) is 5.41 Å². The van der Waals surface area contributed by atoms with E-state index in [-0.39, 0.29) is 4.75 Å². The van der Waals surface area contributed by atoms with Crippen LogP contribution in [0.1, 0.15) is 46.5 Å². The second-order valence-corrected chi connectivity index (χ2v) is 5.35. The molecule has 10 heavy (non-hydrogen) atoms. The van der Waals surface area contributed by atoms with Gasteiger partial charge in [-0.15, -0.1) is 0 Å². The van der Waals surface area contributed by atoms with Crippen molar-refractivity contribution in [3.05, 3.63) is 0 Å².